The van der Waals surface area contributed by atoms with Crippen LogP contribution in [-0.4, -0.2) is 16.9 Å². The Balaban J connectivity index is 1.68. The van der Waals surface area contributed by atoms with Crippen molar-refractivity contribution in [1.29, 1.82) is 0 Å². The van der Waals surface area contributed by atoms with E-state index in [2.05, 4.69) is 21.2 Å². The second-order valence-corrected chi connectivity index (χ2v) is 8.51. The van der Waals surface area contributed by atoms with E-state index in [0.717, 1.165) is 39.5 Å². The van der Waals surface area contributed by atoms with E-state index in [4.69, 9.17) is 4.98 Å². The summed E-state index contributed by atoms with van der Waals surface area (Å²) < 4.78 is 1.03. The number of carbonyl (C=O) groups is 1. The van der Waals surface area contributed by atoms with Crippen LogP contribution in [0.1, 0.15) is 55.3 Å². The lowest BCUT2D eigenvalue weighted by molar-refractivity contribution is 0.0932. The van der Waals surface area contributed by atoms with Gasteiger partial charge in [-0.15, -0.1) is 0 Å². The first kappa shape index (κ1) is 19.1. The van der Waals surface area contributed by atoms with Gasteiger partial charge in [0.1, 0.15) is 0 Å². The molecule has 2 aromatic carbocycles. The highest BCUT2D eigenvalue weighted by Gasteiger charge is 2.18. The van der Waals surface area contributed by atoms with Gasteiger partial charge in [-0.3, -0.25) is 4.79 Å². The summed E-state index contributed by atoms with van der Waals surface area (Å²) in [6.07, 6.45) is 8.43. The predicted molar refractivity (Wildman–Crippen MR) is 118 cm³/mol. The summed E-state index contributed by atoms with van der Waals surface area (Å²) in [6, 6.07) is 18.2. The first-order valence-corrected chi connectivity index (χ1v) is 11.0. The molecule has 28 heavy (non-hydrogen) atoms. The van der Waals surface area contributed by atoms with E-state index >= 15 is 0 Å². The molecule has 1 N–H and O–H groups in total. The molecule has 1 saturated carbocycles. The van der Waals surface area contributed by atoms with Gasteiger partial charge >= 0.3 is 0 Å². The molecule has 0 unspecified atom stereocenters. The first-order valence-electron chi connectivity index (χ1n) is 10.2. The zero-order valence-corrected chi connectivity index (χ0v) is 17.5. The highest BCUT2D eigenvalue weighted by Crippen LogP contribution is 2.26. The van der Waals surface area contributed by atoms with Crippen LogP contribution in [0.4, 0.5) is 0 Å². The summed E-state index contributed by atoms with van der Waals surface area (Å²) in [4.78, 5) is 18.0. The molecule has 4 heteroatoms. The van der Waals surface area contributed by atoms with Gasteiger partial charge in [0.05, 0.1) is 16.8 Å². The van der Waals surface area contributed by atoms with E-state index < -0.39 is 0 Å². The maximum Gasteiger partial charge on any atom is 0.252 e. The number of fused-ring (bicyclic) bond motifs is 1. The number of hydrogen-bond donors (Lipinski definition) is 1. The van der Waals surface area contributed by atoms with Gasteiger partial charge < -0.3 is 5.32 Å². The molecule has 0 bridgehead atoms. The van der Waals surface area contributed by atoms with Gasteiger partial charge in [0.15, 0.2) is 0 Å². The van der Waals surface area contributed by atoms with E-state index in [1.54, 1.807) is 0 Å². The molecular weight excluding hydrogens is 412 g/mol. The standard InChI is InChI=1S/C24H25BrN2O/c25-18-14-12-17(13-15-18)23-16-21(20-10-6-7-11-22(20)27-23)24(28)26-19-8-4-2-1-3-5-9-19/h6-7,10-16,19H,1-5,8-9H2,(H,26,28). The Labute approximate surface area is 174 Å². The lowest BCUT2D eigenvalue weighted by Gasteiger charge is -2.21. The van der Waals surface area contributed by atoms with Crippen LogP contribution in [0.2, 0.25) is 0 Å². The minimum absolute atomic E-state index is 0.0162. The van der Waals surface area contributed by atoms with Crippen LogP contribution in [0.15, 0.2) is 59.1 Å². The Morgan fingerprint density at radius 1 is 0.929 bits per heavy atom. The van der Waals surface area contributed by atoms with Crippen LogP contribution in [-0.2, 0) is 0 Å². The fourth-order valence-electron chi connectivity index (χ4n) is 4.00. The summed E-state index contributed by atoms with van der Waals surface area (Å²) >= 11 is 3.48. The third kappa shape index (κ3) is 4.44. The molecule has 144 valence electrons. The van der Waals surface area contributed by atoms with Gasteiger partial charge in [-0.05, 0) is 37.1 Å². The molecule has 1 aromatic heterocycles. The normalized spacial score (nSPS) is 15.8. The number of aromatic nitrogens is 1. The summed E-state index contributed by atoms with van der Waals surface area (Å²) in [5, 5.41) is 4.22. The number of rotatable bonds is 3. The Morgan fingerprint density at radius 3 is 2.36 bits per heavy atom. The summed E-state index contributed by atoms with van der Waals surface area (Å²) in [6.45, 7) is 0. The molecule has 1 aliphatic rings. The average Bonchev–Trinajstić information content (AvgIpc) is 2.69. The van der Waals surface area contributed by atoms with Crippen LogP contribution in [0, 0.1) is 0 Å². The first-order chi connectivity index (χ1) is 13.7. The molecule has 0 aliphatic heterocycles. The molecule has 3 nitrogen and oxygen atoms in total. The Kier molecular flexibility index (Phi) is 6.06. The number of pyridine rings is 1. The SMILES string of the molecule is O=C(NC1CCCCCCC1)c1cc(-c2ccc(Br)cc2)nc2ccccc12. The second-order valence-electron chi connectivity index (χ2n) is 7.59. The van der Waals surface area contributed by atoms with E-state index in [0.29, 0.717) is 5.56 Å². The second kappa shape index (κ2) is 8.87. The van der Waals surface area contributed by atoms with Gasteiger partial charge in [-0.2, -0.15) is 0 Å². The number of halogens is 1. The minimum atomic E-state index is 0.0162. The molecule has 3 aromatic rings. The van der Waals surface area contributed by atoms with Gasteiger partial charge in [0.25, 0.3) is 5.91 Å². The highest BCUT2D eigenvalue weighted by molar-refractivity contribution is 9.10. The molecule has 0 radical (unpaired) electrons. The van der Waals surface area contributed by atoms with E-state index in [1.165, 1.54) is 32.1 Å². The van der Waals surface area contributed by atoms with Crippen molar-refractivity contribution in [2.45, 2.75) is 51.0 Å². The third-order valence-electron chi connectivity index (χ3n) is 5.54. The Bertz CT molecular complexity index is 960. The van der Waals surface area contributed by atoms with Crippen LogP contribution in [0.5, 0.6) is 0 Å². The van der Waals surface area contributed by atoms with Crippen molar-refractivity contribution in [1.82, 2.24) is 10.3 Å². The van der Waals surface area contributed by atoms with Crippen molar-refractivity contribution >= 4 is 32.7 Å². The molecule has 0 spiro atoms. The van der Waals surface area contributed by atoms with Crippen molar-refractivity contribution in [3.63, 3.8) is 0 Å². The van der Waals surface area contributed by atoms with E-state index in [1.807, 2.05) is 54.6 Å². The van der Waals surface area contributed by atoms with E-state index in [9.17, 15) is 4.79 Å². The van der Waals surface area contributed by atoms with Crippen LogP contribution in [0.25, 0.3) is 22.2 Å². The maximum absolute atomic E-state index is 13.2. The summed E-state index contributed by atoms with van der Waals surface area (Å²) in [7, 11) is 0. The van der Waals surface area contributed by atoms with Crippen molar-refractivity contribution in [3.05, 3.63) is 64.6 Å². The zero-order chi connectivity index (χ0) is 19.3. The fraction of sp³-hybridized carbons (Fsp3) is 0.333. The zero-order valence-electron chi connectivity index (χ0n) is 16.0. The van der Waals surface area contributed by atoms with Crippen molar-refractivity contribution < 1.29 is 4.79 Å². The molecule has 1 amide bonds. The quantitative estimate of drug-likeness (QED) is 0.508. The average molecular weight is 437 g/mol. The summed E-state index contributed by atoms with van der Waals surface area (Å²) in [5.41, 5.74) is 3.40. The van der Waals surface area contributed by atoms with Crippen molar-refractivity contribution in [2.75, 3.05) is 0 Å². The number of nitrogens with one attached hydrogen (secondary N) is 1. The monoisotopic (exact) mass is 436 g/mol. The van der Waals surface area contributed by atoms with Gasteiger partial charge in [-0.25, -0.2) is 4.98 Å². The molecule has 0 atom stereocenters. The third-order valence-corrected chi connectivity index (χ3v) is 6.07. The largest absolute Gasteiger partial charge is 0.349 e. The van der Waals surface area contributed by atoms with Crippen LogP contribution >= 0.6 is 15.9 Å². The van der Waals surface area contributed by atoms with Crippen LogP contribution < -0.4 is 5.32 Å². The predicted octanol–water partition coefficient (Wildman–Crippen LogP) is 6.51. The lowest BCUT2D eigenvalue weighted by Crippen LogP contribution is -2.35. The maximum atomic E-state index is 13.2. The number of amides is 1. The smallest absolute Gasteiger partial charge is 0.252 e. The van der Waals surface area contributed by atoms with Gasteiger partial charge in [0.2, 0.25) is 0 Å². The topological polar surface area (TPSA) is 42.0 Å². The number of para-hydroxylation sites is 1. The van der Waals surface area contributed by atoms with Crippen LogP contribution in [0.3, 0.4) is 0 Å². The van der Waals surface area contributed by atoms with E-state index in [-0.39, 0.29) is 11.9 Å². The molecular formula is C24H25BrN2O. The number of benzene rings is 2. The molecule has 1 fully saturated rings. The van der Waals surface area contributed by atoms with Crippen molar-refractivity contribution in [3.8, 4) is 11.3 Å². The Morgan fingerprint density at radius 2 is 1.61 bits per heavy atom. The number of hydrogen-bond acceptors (Lipinski definition) is 2. The van der Waals surface area contributed by atoms with Gasteiger partial charge in [-0.1, -0.05) is 78.4 Å². The number of carbonyl (C=O) groups excluding carboxylic acids is 1. The number of nitrogens with zero attached hydrogens (tertiary/aromatic N) is 1. The highest BCUT2D eigenvalue weighted by atomic mass is 79.9. The fourth-order valence-corrected chi connectivity index (χ4v) is 4.26. The molecule has 1 heterocycles. The Hall–Kier alpha value is -2.20. The summed E-state index contributed by atoms with van der Waals surface area (Å²) in [5.74, 6) is 0.0162. The van der Waals surface area contributed by atoms with Gasteiger partial charge in [0, 0.05) is 21.5 Å². The lowest BCUT2D eigenvalue weighted by atomic mass is 9.96. The minimum Gasteiger partial charge on any atom is -0.349 e. The molecule has 0 saturated heterocycles. The molecule has 4 rings (SSSR count). The molecule has 1 aliphatic carbocycles. The van der Waals surface area contributed by atoms with Crippen molar-refractivity contribution in [2.24, 2.45) is 0 Å².